The summed E-state index contributed by atoms with van der Waals surface area (Å²) in [4.78, 5) is 29.6. The first-order chi connectivity index (χ1) is 15.2. The normalized spacial score (nSPS) is 13.9. The van der Waals surface area contributed by atoms with E-state index in [9.17, 15) is 22.8 Å². The number of aromatic nitrogens is 4. The number of nitrogens with zero attached hydrogens (tertiary/aromatic N) is 4. The van der Waals surface area contributed by atoms with Crippen LogP contribution in [-0.4, -0.2) is 44.5 Å². The van der Waals surface area contributed by atoms with Crippen molar-refractivity contribution in [2.75, 3.05) is 12.9 Å². The summed E-state index contributed by atoms with van der Waals surface area (Å²) in [7, 11) is 0. The highest BCUT2D eigenvalue weighted by molar-refractivity contribution is 7.98. The van der Waals surface area contributed by atoms with Crippen LogP contribution in [0, 0.1) is 0 Å². The van der Waals surface area contributed by atoms with Crippen LogP contribution in [0.5, 0.6) is 0 Å². The van der Waals surface area contributed by atoms with E-state index in [0.29, 0.717) is 18.0 Å². The molecule has 2 aromatic heterocycles. The highest BCUT2D eigenvalue weighted by Gasteiger charge is 2.41. The lowest BCUT2D eigenvalue weighted by molar-refractivity contribution is -0.137. The van der Waals surface area contributed by atoms with Crippen LogP contribution in [0.15, 0.2) is 34.2 Å². The molecule has 2 heterocycles. The van der Waals surface area contributed by atoms with Crippen LogP contribution < -0.4 is 0 Å². The smallest absolute Gasteiger partial charge is 0.417 e. The van der Waals surface area contributed by atoms with Crippen molar-refractivity contribution in [2.45, 2.75) is 37.0 Å². The number of rotatable bonds is 7. The van der Waals surface area contributed by atoms with Crippen molar-refractivity contribution in [1.29, 1.82) is 0 Å². The molecule has 32 heavy (non-hydrogen) atoms. The molecule has 1 aliphatic carbocycles. The Hall–Kier alpha value is -3.15. The van der Waals surface area contributed by atoms with E-state index >= 15 is 0 Å². The summed E-state index contributed by atoms with van der Waals surface area (Å²) in [5.74, 6) is -1.99. The standard InChI is InChI=1S/C20H17F3N4O4S/c1-3-30-18(29)15-14(17(31-26-15)10-4-5-10)16(28)12-7-6-11(8-13(12)20(21,22)23)27-9-24-19(25-27)32-2/h6-10H,3-5H2,1-2H3. The second-order valence-electron chi connectivity index (χ2n) is 7.00. The lowest BCUT2D eigenvalue weighted by Gasteiger charge is -2.14. The number of alkyl halides is 3. The van der Waals surface area contributed by atoms with E-state index in [2.05, 4.69) is 15.2 Å². The number of hydrogen-bond donors (Lipinski definition) is 0. The number of ketones is 1. The Labute approximate surface area is 184 Å². The number of hydrogen-bond acceptors (Lipinski definition) is 8. The predicted molar refractivity (Wildman–Crippen MR) is 106 cm³/mol. The van der Waals surface area contributed by atoms with Crippen molar-refractivity contribution in [2.24, 2.45) is 0 Å². The van der Waals surface area contributed by atoms with Gasteiger partial charge in [0.15, 0.2) is 11.5 Å². The fourth-order valence-corrected chi connectivity index (χ4v) is 3.52. The quantitative estimate of drug-likeness (QED) is 0.289. The third kappa shape index (κ3) is 4.14. The molecule has 0 bridgehead atoms. The van der Waals surface area contributed by atoms with E-state index in [0.717, 1.165) is 12.1 Å². The Morgan fingerprint density at radius 1 is 1.31 bits per heavy atom. The van der Waals surface area contributed by atoms with Gasteiger partial charge in [0.25, 0.3) is 0 Å². The van der Waals surface area contributed by atoms with Crippen molar-refractivity contribution in [3.8, 4) is 5.69 Å². The van der Waals surface area contributed by atoms with Crippen molar-refractivity contribution in [3.05, 3.63) is 52.7 Å². The summed E-state index contributed by atoms with van der Waals surface area (Å²) in [6, 6.07) is 3.20. The van der Waals surface area contributed by atoms with Crippen LogP contribution in [0.3, 0.4) is 0 Å². The second kappa shape index (κ2) is 8.41. The van der Waals surface area contributed by atoms with Gasteiger partial charge >= 0.3 is 12.1 Å². The molecule has 0 saturated heterocycles. The van der Waals surface area contributed by atoms with Crippen LogP contribution in [0.1, 0.15) is 63.4 Å². The Morgan fingerprint density at radius 2 is 2.06 bits per heavy atom. The summed E-state index contributed by atoms with van der Waals surface area (Å²) < 4.78 is 53.1. The molecule has 4 rings (SSSR count). The van der Waals surface area contributed by atoms with E-state index in [1.54, 1.807) is 13.2 Å². The SMILES string of the molecule is CCOC(=O)c1noc(C2CC2)c1C(=O)c1ccc(-n2cnc(SC)n2)cc1C(F)(F)F. The Bertz CT molecular complexity index is 1180. The average molecular weight is 466 g/mol. The van der Waals surface area contributed by atoms with Crippen LogP contribution in [0.2, 0.25) is 0 Å². The first kappa shape index (κ1) is 22.1. The zero-order valence-electron chi connectivity index (χ0n) is 17.0. The summed E-state index contributed by atoms with van der Waals surface area (Å²) >= 11 is 1.24. The third-order valence-corrected chi connectivity index (χ3v) is 5.39. The third-order valence-electron chi connectivity index (χ3n) is 4.83. The lowest BCUT2D eigenvalue weighted by atomic mass is 9.95. The summed E-state index contributed by atoms with van der Waals surface area (Å²) in [6.45, 7) is 1.57. The number of carbonyl (C=O) groups excluding carboxylic acids is 2. The van der Waals surface area contributed by atoms with E-state index < -0.39 is 34.7 Å². The van der Waals surface area contributed by atoms with E-state index in [4.69, 9.17) is 9.26 Å². The molecule has 0 spiro atoms. The predicted octanol–water partition coefficient (Wildman–Crippen LogP) is 4.28. The molecule has 0 amide bonds. The number of thioether (sulfide) groups is 1. The van der Waals surface area contributed by atoms with Gasteiger partial charge in [-0.3, -0.25) is 4.79 Å². The monoisotopic (exact) mass is 466 g/mol. The summed E-state index contributed by atoms with van der Waals surface area (Å²) in [6.07, 6.45) is -0.447. The molecule has 8 nitrogen and oxygen atoms in total. The molecule has 168 valence electrons. The highest BCUT2D eigenvalue weighted by atomic mass is 32.2. The molecule has 0 unspecified atom stereocenters. The molecule has 0 atom stereocenters. The van der Waals surface area contributed by atoms with Gasteiger partial charge in [-0.25, -0.2) is 14.5 Å². The molecular formula is C20H17F3N4O4S. The van der Waals surface area contributed by atoms with Gasteiger partial charge in [0.2, 0.25) is 10.9 Å². The highest BCUT2D eigenvalue weighted by Crippen LogP contribution is 2.44. The van der Waals surface area contributed by atoms with Crippen LogP contribution in [-0.2, 0) is 10.9 Å². The van der Waals surface area contributed by atoms with Gasteiger partial charge in [-0.1, -0.05) is 16.9 Å². The maximum absolute atomic E-state index is 13.9. The second-order valence-corrected chi connectivity index (χ2v) is 7.77. The maximum atomic E-state index is 13.9. The van der Waals surface area contributed by atoms with E-state index in [-0.39, 0.29) is 29.5 Å². The summed E-state index contributed by atoms with van der Waals surface area (Å²) in [5, 5.41) is 8.10. The van der Waals surface area contributed by atoms with Crippen LogP contribution in [0.4, 0.5) is 13.2 Å². The van der Waals surface area contributed by atoms with E-state index in [1.165, 1.54) is 28.8 Å². The van der Waals surface area contributed by atoms with Gasteiger partial charge in [-0.15, -0.1) is 5.10 Å². The molecule has 1 aliphatic rings. The molecule has 12 heteroatoms. The van der Waals surface area contributed by atoms with Gasteiger partial charge in [0, 0.05) is 11.5 Å². The Balaban J connectivity index is 1.82. The molecular weight excluding hydrogens is 449 g/mol. The lowest BCUT2D eigenvalue weighted by Crippen LogP contribution is -2.18. The Kier molecular flexibility index (Phi) is 5.80. The van der Waals surface area contributed by atoms with Crippen molar-refractivity contribution in [1.82, 2.24) is 19.9 Å². The molecule has 0 radical (unpaired) electrons. The number of ether oxygens (including phenoxy) is 1. The van der Waals surface area contributed by atoms with Crippen molar-refractivity contribution < 1.29 is 32.0 Å². The van der Waals surface area contributed by atoms with E-state index in [1.807, 2.05) is 0 Å². The fourth-order valence-electron chi connectivity index (χ4n) is 3.19. The van der Waals surface area contributed by atoms with Crippen molar-refractivity contribution >= 4 is 23.5 Å². The average Bonchev–Trinajstić information content (AvgIpc) is 3.32. The number of esters is 1. The largest absolute Gasteiger partial charge is 0.461 e. The topological polar surface area (TPSA) is 100 Å². The zero-order chi connectivity index (χ0) is 23.0. The molecule has 0 aliphatic heterocycles. The molecule has 1 fully saturated rings. The van der Waals surface area contributed by atoms with Crippen LogP contribution >= 0.6 is 11.8 Å². The van der Waals surface area contributed by atoms with Gasteiger partial charge in [-0.2, -0.15) is 13.2 Å². The van der Waals surface area contributed by atoms with Gasteiger partial charge in [-0.05, 0) is 44.2 Å². The molecule has 3 aromatic rings. The van der Waals surface area contributed by atoms with Gasteiger partial charge in [0.1, 0.15) is 11.9 Å². The van der Waals surface area contributed by atoms with Crippen LogP contribution in [0.25, 0.3) is 5.69 Å². The number of carbonyl (C=O) groups is 2. The summed E-state index contributed by atoms with van der Waals surface area (Å²) in [5.41, 5.74) is -2.41. The van der Waals surface area contributed by atoms with Crippen molar-refractivity contribution in [3.63, 3.8) is 0 Å². The minimum Gasteiger partial charge on any atom is -0.461 e. The van der Waals surface area contributed by atoms with Gasteiger partial charge in [0.05, 0.1) is 17.9 Å². The molecule has 1 aromatic carbocycles. The Morgan fingerprint density at radius 3 is 2.66 bits per heavy atom. The first-order valence-electron chi connectivity index (χ1n) is 9.63. The fraction of sp³-hybridized carbons (Fsp3) is 0.350. The number of benzene rings is 1. The molecule has 1 saturated carbocycles. The zero-order valence-corrected chi connectivity index (χ0v) is 17.8. The molecule has 0 N–H and O–H groups in total. The number of halogens is 3. The van der Waals surface area contributed by atoms with Gasteiger partial charge < -0.3 is 9.26 Å². The first-order valence-corrected chi connectivity index (χ1v) is 10.9. The maximum Gasteiger partial charge on any atom is 0.417 e. The minimum absolute atomic E-state index is 0.0104. The minimum atomic E-state index is -4.84.